The van der Waals surface area contributed by atoms with Gasteiger partial charge in [0.25, 0.3) is 0 Å². The third-order valence-corrected chi connectivity index (χ3v) is 4.10. The fourth-order valence-electron chi connectivity index (χ4n) is 2.86. The largest absolute Gasteiger partial charge is 0.478 e. The van der Waals surface area contributed by atoms with Crippen LogP contribution in [-0.2, 0) is 0 Å². The van der Waals surface area contributed by atoms with Gasteiger partial charge in [0.1, 0.15) is 0 Å². The van der Waals surface area contributed by atoms with Gasteiger partial charge in [0.2, 0.25) is 0 Å². The molecule has 0 amide bonds. The van der Waals surface area contributed by atoms with E-state index >= 15 is 0 Å². The maximum atomic E-state index is 11.4. The fourth-order valence-corrected chi connectivity index (χ4v) is 2.86. The number of benzene rings is 1. The maximum absolute atomic E-state index is 11.4. The summed E-state index contributed by atoms with van der Waals surface area (Å²) in [5, 5.41) is 9.33. The summed E-state index contributed by atoms with van der Waals surface area (Å²) in [5.74, 6) is -0.830. The highest BCUT2D eigenvalue weighted by Gasteiger charge is 2.31. The van der Waals surface area contributed by atoms with E-state index in [9.17, 15) is 9.90 Å². The van der Waals surface area contributed by atoms with E-state index in [2.05, 4.69) is 9.80 Å². The van der Waals surface area contributed by atoms with Gasteiger partial charge >= 0.3 is 5.97 Å². The number of aryl methyl sites for hydroxylation is 1. The lowest BCUT2D eigenvalue weighted by Crippen LogP contribution is -2.47. The normalized spacial score (nSPS) is 20.6. The van der Waals surface area contributed by atoms with E-state index in [0.717, 1.165) is 43.5 Å². The predicted octanol–water partition coefficient (Wildman–Crippen LogP) is 1.98. The van der Waals surface area contributed by atoms with Gasteiger partial charge in [0, 0.05) is 32.2 Å². The zero-order valence-corrected chi connectivity index (χ0v) is 11.3. The van der Waals surface area contributed by atoms with E-state index in [1.54, 1.807) is 6.07 Å². The van der Waals surface area contributed by atoms with E-state index < -0.39 is 5.97 Å². The molecule has 102 valence electrons. The predicted molar refractivity (Wildman–Crippen MR) is 74.9 cm³/mol. The van der Waals surface area contributed by atoms with Gasteiger partial charge in [0.15, 0.2) is 0 Å². The Morgan fingerprint density at radius 3 is 2.47 bits per heavy atom. The zero-order valence-electron chi connectivity index (χ0n) is 11.3. The van der Waals surface area contributed by atoms with E-state index in [1.165, 1.54) is 12.8 Å². The number of carbonyl (C=O) groups is 1. The summed E-state index contributed by atoms with van der Waals surface area (Å²) in [7, 11) is 0. The van der Waals surface area contributed by atoms with Gasteiger partial charge in [-0.05, 0) is 31.9 Å². The molecule has 0 bridgehead atoms. The van der Waals surface area contributed by atoms with Gasteiger partial charge in [-0.15, -0.1) is 0 Å². The van der Waals surface area contributed by atoms with Gasteiger partial charge in [-0.1, -0.05) is 11.6 Å². The van der Waals surface area contributed by atoms with E-state index in [-0.39, 0.29) is 0 Å². The minimum absolute atomic E-state index is 0.430. The number of anilines is 1. The van der Waals surface area contributed by atoms with Crippen LogP contribution < -0.4 is 4.90 Å². The summed E-state index contributed by atoms with van der Waals surface area (Å²) in [6, 6.07) is 6.52. The molecule has 4 nitrogen and oxygen atoms in total. The SMILES string of the molecule is Cc1ccc(N2CCN(C3CC3)CC2)c(C(=O)O)c1. The van der Waals surface area contributed by atoms with Crippen LogP contribution in [0.25, 0.3) is 0 Å². The highest BCUT2D eigenvalue weighted by molar-refractivity contribution is 5.94. The average molecular weight is 260 g/mol. The van der Waals surface area contributed by atoms with Crippen LogP contribution in [0.2, 0.25) is 0 Å². The van der Waals surface area contributed by atoms with Gasteiger partial charge in [0.05, 0.1) is 11.3 Å². The summed E-state index contributed by atoms with van der Waals surface area (Å²) < 4.78 is 0. The molecule has 0 aromatic heterocycles. The molecule has 1 heterocycles. The molecule has 0 unspecified atom stereocenters. The Kier molecular flexibility index (Phi) is 3.19. The van der Waals surface area contributed by atoms with Crippen molar-refractivity contribution in [2.24, 2.45) is 0 Å². The Morgan fingerprint density at radius 2 is 1.89 bits per heavy atom. The second-order valence-corrected chi connectivity index (χ2v) is 5.58. The Hall–Kier alpha value is -1.55. The molecule has 1 N–H and O–H groups in total. The second-order valence-electron chi connectivity index (χ2n) is 5.58. The Morgan fingerprint density at radius 1 is 1.21 bits per heavy atom. The van der Waals surface area contributed by atoms with Crippen LogP contribution in [0, 0.1) is 6.92 Å². The molecule has 1 aromatic carbocycles. The number of nitrogens with zero attached hydrogens (tertiary/aromatic N) is 2. The summed E-state index contributed by atoms with van der Waals surface area (Å²) in [6.07, 6.45) is 2.68. The highest BCUT2D eigenvalue weighted by Crippen LogP contribution is 2.29. The molecule has 2 aliphatic rings. The standard InChI is InChI=1S/C15H20N2O2/c1-11-2-5-14(13(10-11)15(18)19)17-8-6-16(7-9-17)12-3-4-12/h2,5,10,12H,3-4,6-9H2,1H3,(H,18,19). The van der Waals surface area contributed by atoms with Crippen LogP contribution >= 0.6 is 0 Å². The van der Waals surface area contributed by atoms with Crippen LogP contribution in [0.5, 0.6) is 0 Å². The van der Waals surface area contributed by atoms with Crippen molar-refractivity contribution in [1.29, 1.82) is 0 Å². The van der Waals surface area contributed by atoms with E-state index in [4.69, 9.17) is 0 Å². The minimum Gasteiger partial charge on any atom is -0.478 e. The topological polar surface area (TPSA) is 43.8 Å². The number of carboxylic acids is 1. The number of aromatic carboxylic acids is 1. The fraction of sp³-hybridized carbons (Fsp3) is 0.533. The lowest BCUT2D eigenvalue weighted by molar-refractivity contribution is 0.0697. The third kappa shape index (κ3) is 2.59. The number of hydrogen-bond donors (Lipinski definition) is 1. The van der Waals surface area contributed by atoms with Crippen LogP contribution in [0.4, 0.5) is 5.69 Å². The van der Waals surface area contributed by atoms with Gasteiger partial charge < -0.3 is 10.0 Å². The Labute approximate surface area is 113 Å². The Balaban J connectivity index is 1.77. The quantitative estimate of drug-likeness (QED) is 0.902. The van der Waals surface area contributed by atoms with Crippen molar-refractivity contribution in [1.82, 2.24) is 4.90 Å². The summed E-state index contributed by atoms with van der Waals surface area (Å²) in [4.78, 5) is 16.1. The minimum atomic E-state index is -0.830. The summed E-state index contributed by atoms with van der Waals surface area (Å²) >= 11 is 0. The summed E-state index contributed by atoms with van der Waals surface area (Å²) in [5.41, 5.74) is 2.30. The molecule has 0 spiro atoms. The van der Waals surface area contributed by atoms with Crippen LogP contribution in [0.15, 0.2) is 18.2 Å². The number of rotatable bonds is 3. The molecule has 1 aromatic rings. The molecule has 19 heavy (non-hydrogen) atoms. The first-order valence-electron chi connectivity index (χ1n) is 6.98. The van der Waals surface area contributed by atoms with Crippen molar-refractivity contribution in [3.05, 3.63) is 29.3 Å². The molecule has 2 fully saturated rings. The van der Waals surface area contributed by atoms with Crippen molar-refractivity contribution in [3.63, 3.8) is 0 Å². The monoisotopic (exact) mass is 260 g/mol. The molecule has 4 heteroatoms. The summed E-state index contributed by atoms with van der Waals surface area (Å²) in [6.45, 7) is 5.90. The molecular formula is C15H20N2O2. The highest BCUT2D eigenvalue weighted by atomic mass is 16.4. The van der Waals surface area contributed by atoms with Gasteiger partial charge in [-0.3, -0.25) is 4.90 Å². The molecule has 3 rings (SSSR count). The molecule has 1 saturated heterocycles. The van der Waals surface area contributed by atoms with Crippen molar-refractivity contribution in [3.8, 4) is 0 Å². The Bertz CT molecular complexity index is 489. The first-order valence-corrected chi connectivity index (χ1v) is 6.98. The van der Waals surface area contributed by atoms with Crippen LogP contribution in [0.3, 0.4) is 0 Å². The number of piperazine rings is 1. The maximum Gasteiger partial charge on any atom is 0.337 e. The van der Waals surface area contributed by atoms with Gasteiger partial charge in [-0.25, -0.2) is 4.79 Å². The van der Waals surface area contributed by atoms with Crippen molar-refractivity contribution >= 4 is 11.7 Å². The first kappa shape index (κ1) is 12.5. The molecule has 0 radical (unpaired) electrons. The van der Waals surface area contributed by atoms with Crippen LogP contribution in [-0.4, -0.2) is 48.2 Å². The number of carboxylic acid groups (broad SMARTS) is 1. The van der Waals surface area contributed by atoms with Crippen LogP contribution in [0.1, 0.15) is 28.8 Å². The molecule has 1 saturated carbocycles. The van der Waals surface area contributed by atoms with Gasteiger partial charge in [-0.2, -0.15) is 0 Å². The van der Waals surface area contributed by atoms with Crippen molar-refractivity contribution in [2.45, 2.75) is 25.8 Å². The average Bonchev–Trinajstić information content (AvgIpc) is 3.23. The smallest absolute Gasteiger partial charge is 0.337 e. The molecule has 0 atom stereocenters. The van der Waals surface area contributed by atoms with E-state index in [0.29, 0.717) is 5.56 Å². The second kappa shape index (κ2) is 4.85. The van der Waals surface area contributed by atoms with E-state index in [1.807, 2.05) is 19.1 Å². The lowest BCUT2D eigenvalue weighted by atomic mass is 10.1. The third-order valence-electron chi connectivity index (χ3n) is 4.10. The first-order chi connectivity index (χ1) is 9.15. The zero-order chi connectivity index (χ0) is 13.4. The van der Waals surface area contributed by atoms with Crippen molar-refractivity contribution < 1.29 is 9.90 Å². The molecule has 1 aliphatic carbocycles. The van der Waals surface area contributed by atoms with Crippen molar-refractivity contribution in [2.75, 3.05) is 31.1 Å². The molecular weight excluding hydrogens is 240 g/mol. The molecule has 1 aliphatic heterocycles. The number of hydrogen-bond acceptors (Lipinski definition) is 3. The lowest BCUT2D eigenvalue weighted by Gasteiger charge is -2.36.